The molecule has 1 rings (SSSR count). The Kier molecular flexibility index (Phi) is 4.82. The first-order chi connectivity index (χ1) is 7.13. The molecule has 0 heterocycles. The number of halogens is 1. The monoisotopic (exact) mass is 270 g/mol. The normalized spacial score (nSPS) is 12.2. The van der Waals surface area contributed by atoms with E-state index in [0.717, 1.165) is 17.7 Å². The van der Waals surface area contributed by atoms with Crippen LogP contribution < -0.4 is 4.74 Å². The summed E-state index contributed by atoms with van der Waals surface area (Å²) in [5, 5.41) is 0. The fourth-order valence-electron chi connectivity index (χ4n) is 1.24. The molecule has 0 spiro atoms. The molecule has 1 aromatic rings. The van der Waals surface area contributed by atoms with E-state index in [9.17, 15) is 4.79 Å². The van der Waals surface area contributed by atoms with Gasteiger partial charge in [-0.2, -0.15) is 0 Å². The van der Waals surface area contributed by atoms with Crippen molar-refractivity contribution >= 4 is 21.7 Å². The Morgan fingerprint density at radius 3 is 2.47 bits per heavy atom. The van der Waals surface area contributed by atoms with E-state index in [4.69, 9.17) is 4.74 Å². The van der Waals surface area contributed by atoms with Crippen molar-refractivity contribution in [2.24, 2.45) is 0 Å². The van der Waals surface area contributed by atoms with Crippen LogP contribution in [-0.4, -0.2) is 17.2 Å². The average Bonchev–Trinajstić information content (AvgIpc) is 2.21. The van der Waals surface area contributed by atoms with E-state index >= 15 is 0 Å². The predicted octanol–water partition coefficient (Wildman–Crippen LogP) is 2.98. The lowest BCUT2D eigenvalue weighted by Crippen LogP contribution is -2.12. The van der Waals surface area contributed by atoms with E-state index < -0.39 is 0 Å². The highest BCUT2D eigenvalue weighted by atomic mass is 79.9. The molecular formula is C12H15BrO2. The summed E-state index contributed by atoms with van der Waals surface area (Å²) in [6.45, 7) is 4.22. The molecule has 82 valence electrons. The predicted molar refractivity (Wildman–Crippen MR) is 64.7 cm³/mol. The zero-order valence-corrected chi connectivity index (χ0v) is 10.6. The summed E-state index contributed by atoms with van der Waals surface area (Å²) in [7, 11) is 0. The summed E-state index contributed by atoms with van der Waals surface area (Å²) in [6, 6.07) is 7.84. The van der Waals surface area contributed by atoms with E-state index in [1.54, 1.807) is 6.92 Å². The largest absolute Gasteiger partial charge is 0.494 e. The summed E-state index contributed by atoms with van der Waals surface area (Å²) in [5.74, 6) is 1.03. The molecule has 0 bridgehead atoms. The second-order valence-corrected chi connectivity index (χ2v) is 4.46. The lowest BCUT2D eigenvalue weighted by atomic mass is 10.1. The maximum atomic E-state index is 11.0. The van der Waals surface area contributed by atoms with Gasteiger partial charge in [-0.25, -0.2) is 0 Å². The molecule has 0 N–H and O–H groups in total. The zero-order chi connectivity index (χ0) is 11.3. The maximum Gasteiger partial charge on any atom is 0.143 e. The molecule has 0 saturated carbocycles. The van der Waals surface area contributed by atoms with Crippen LogP contribution in [0.3, 0.4) is 0 Å². The second-order valence-electron chi connectivity index (χ2n) is 3.36. The molecule has 0 amide bonds. The van der Waals surface area contributed by atoms with Gasteiger partial charge in [0.05, 0.1) is 11.4 Å². The average molecular weight is 271 g/mol. The second kappa shape index (κ2) is 5.91. The minimum Gasteiger partial charge on any atom is -0.494 e. The van der Waals surface area contributed by atoms with Crippen LogP contribution in [0.2, 0.25) is 0 Å². The van der Waals surface area contributed by atoms with Crippen LogP contribution in [0.25, 0.3) is 0 Å². The number of ether oxygens (including phenoxy) is 1. The van der Waals surface area contributed by atoms with Crippen molar-refractivity contribution in [2.75, 3.05) is 6.61 Å². The standard InChI is InChI=1S/C12H15BrO2/c1-3-15-11-6-4-10(5-7-11)8-12(13)9(2)14/h4-7,12H,3,8H2,1-2H3. The maximum absolute atomic E-state index is 11.0. The topological polar surface area (TPSA) is 26.3 Å². The number of Topliss-reactive ketones (excluding diaryl/α,β-unsaturated/α-hetero) is 1. The number of hydrogen-bond donors (Lipinski definition) is 0. The van der Waals surface area contributed by atoms with Crippen molar-refractivity contribution in [1.82, 2.24) is 0 Å². The molecule has 0 aliphatic heterocycles. The lowest BCUT2D eigenvalue weighted by molar-refractivity contribution is -0.116. The van der Waals surface area contributed by atoms with Gasteiger partial charge in [-0.05, 0) is 38.0 Å². The minimum absolute atomic E-state index is 0.0876. The molecule has 3 heteroatoms. The van der Waals surface area contributed by atoms with Gasteiger partial charge >= 0.3 is 0 Å². The number of carbonyl (C=O) groups excluding carboxylic acids is 1. The zero-order valence-electron chi connectivity index (χ0n) is 9.00. The van der Waals surface area contributed by atoms with Gasteiger partial charge in [0.2, 0.25) is 0 Å². The fourth-order valence-corrected chi connectivity index (χ4v) is 1.61. The third kappa shape index (κ3) is 4.04. The minimum atomic E-state index is -0.0876. The van der Waals surface area contributed by atoms with Gasteiger partial charge in [-0.1, -0.05) is 28.1 Å². The number of benzene rings is 1. The van der Waals surface area contributed by atoms with Gasteiger partial charge in [-0.15, -0.1) is 0 Å². The molecule has 0 aliphatic rings. The van der Waals surface area contributed by atoms with Crippen molar-refractivity contribution in [1.29, 1.82) is 0 Å². The Morgan fingerprint density at radius 1 is 1.40 bits per heavy atom. The van der Waals surface area contributed by atoms with Crippen LogP contribution in [0.4, 0.5) is 0 Å². The molecular weight excluding hydrogens is 256 g/mol. The van der Waals surface area contributed by atoms with E-state index in [2.05, 4.69) is 15.9 Å². The Bertz CT molecular complexity index is 319. The highest BCUT2D eigenvalue weighted by molar-refractivity contribution is 9.10. The third-order valence-corrected chi connectivity index (χ3v) is 3.06. The van der Waals surface area contributed by atoms with Crippen LogP contribution in [0.15, 0.2) is 24.3 Å². The summed E-state index contributed by atoms with van der Waals surface area (Å²) >= 11 is 3.35. The number of hydrogen-bond acceptors (Lipinski definition) is 2. The molecule has 0 saturated heterocycles. The molecule has 0 radical (unpaired) electrons. The molecule has 1 atom stereocenters. The van der Waals surface area contributed by atoms with Gasteiger partial charge in [0.15, 0.2) is 0 Å². The number of ketones is 1. The molecule has 0 aromatic heterocycles. The summed E-state index contributed by atoms with van der Waals surface area (Å²) < 4.78 is 5.33. The Hall–Kier alpha value is -0.830. The van der Waals surface area contributed by atoms with Gasteiger partial charge < -0.3 is 4.74 Å². The molecule has 0 aliphatic carbocycles. The SMILES string of the molecule is CCOc1ccc(CC(Br)C(C)=O)cc1. The highest BCUT2D eigenvalue weighted by Gasteiger charge is 2.10. The third-order valence-electron chi connectivity index (χ3n) is 2.09. The van der Waals surface area contributed by atoms with E-state index in [-0.39, 0.29) is 10.6 Å². The van der Waals surface area contributed by atoms with Gasteiger partial charge in [0.25, 0.3) is 0 Å². The van der Waals surface area contributed by atoms with Crippen LogP contribution in [-0.2, 0) is 11.2 Å². The molecule has 15 heavy (non-hydrogen) atoms. The van der Waals surface area contributed by atoms with E-state index in [1.807, 2.05) is 31.2 Å². The quantitative estimate of drug-likeness (QED) is 0.769. The van der Waals surface area contributed by atoms with Gasteiger partial charge in [0.1, 0.15) is 11.5 Å². The van der Waals surface area contributed by atoms with Crippen LogP contribution in [0, 0.1) is 0 Å². The highest BCUT2D eigenvalue weighted by Crippen LogP contribution is 2.15. The van der Waals surface area contributed by atoms with Gasteiger partial charge in [-0.3, -0.25) is 4.79 Å². The molecule has 1 aromatic carbocycles. The lowest BCUT2D eigenvalue weighted by Gasteiger charge is -2.07. The number of carbonyl (C=O) groups is 1. The van der Waals surface area contributed by atoms with Crippen molar-refractivity contribution in [3.8, 4) is 5.75 Å². The van der Waals surface area contributed by atoms with Crippen LogP contribution in [0.5, 0.6) is 5.75 Å². The van der Waals surface area contributed by atoms with E-state index in [1.165, 1.54) is 0 Å². The smallest absolute Gasteiger partial charge is 0.143 e. The van der Waals surface area contributed by atoms with Crippen molar-refractivity contribution in [2.45, 2.75) is 25.1 Å². The van der Waals surface area contributed by atoms with Crippen molar-refractivity contribution in [3.63, 3.8) is 0 Å². The fraction of sp³-hybridized carbons (Fsp3) is 0.417. The first kappa shape index (κ1) is 12.2. The summed E-state index contributed by atoms with van der Waals surface area (Å²) in [6.07, 6.45) is 0.724. The van der Waals surface area contributed by atoms with Crippen molar-refractivity contribution in [3.05, 3.63) is 29.8 Å². The Labute approximate surface area is 98.8 Å². The molecule has 1 unspecified atom stereocenters. The van der Waals surface area contributed by atoms with Gasteiger partial charge in [0, 0.05) is 0 Å². The first-order valence-electron chi connectivity index (χ1n) is 4.99. The summed E-state index contributed by atoms with van der Waals surface area (Å²) in [4.78, 5) is 11.0. The molecule has 2 nitrogen and oxygen atoms in total. The first-order valence-corrected chi connectivity index (χ1v) is 5.91. The Morgan fingerprint density at radius 2 is 2.00 bits per heavy atom. The summed E-state index contributed by atoms with van der Waals surface area (Å²) in [5.41, 5.74) is 1.13. The van der Waals surface area contributed by atoms with Crippen LogP contribution >= 0.6 is 15.9 Å². The number of alkyl halides is 1. The Balaban J connectivity index is 2.60. The molecule has 0 fully saturated rings. The number of rotatable bonds is 5. The van der Waals surface area contributed by atoms with E-state index in [0.29, 0.717) is 6.61 Å². The van der Waals surface area contributed by atoms with Crippen molar-refractivity contribution < 1.29 is 9.53 Å². The van der Waals surface area contributed by atoms with Crippen LogP contribution in [0.1, 0.15) is 19.4 Å².